The van der Waals surface area contributed by atoms with E-state index in [1.54, 1.807) is 11.8 Å². The second kappa shape index (κ2) is 5.74. The Labute approximate surface area is 110 Å². The minimum Gasteiger partial charge on any atom is -0.422 e. The molecule has 92 valence electrons. The summed E-state index contributed by atoms with van der Waals surface area (Å²) >= 11 is 12.9. The molecular formula is C8H14ClN2O2PS2. The highest BCUT2D eigenvalue weighted by Crippen LogP contribution is 2.49. The van der Waals surface area contributed by atoms with E-state index in [-0.39, 0.29) is 0 Å². The highest BCUT2D eigenvalue weighted by molar-refractivity contribution is 8.10. The van der Waals surface area contributed by atoms with Crippen LogP contribution in [-0.2, 0) is 23.4 Å². The number of aryl methyl sites for hydroxylation is 1. The molecule has 0 aliphatic heterocycles. The first-order valence-electron chi connectivity index (χ1n) is 4.58. The first kappa shape index (κ1) is 14.3. The molecule has 0 saturated heterocycles. The first-order valence-corrected chi connectivity index (χ1v) is 9.01. The highest BCUT2D eigenvalue weighted by atomic mass is 35.5. The van der Waals surface area contributed by atoms with Crippen LogP contribution in [0.3, 0.4) is 0 Å². The van der Waals surface area contributed by atoms with Crippen molar-refractivity contribution in [2.24, 2.45) is 7.05 Å². The van der Waals surface area contributed by atoms with Gasteiger partial charge in [0.2, 0.25) is 6.49 Å². The van der Waals surface area contributed by atoms with Gasteiger partial charge in [-0.25, -0.2) is 0 Å². The first-order chi connectivity index (χ1) is 7.47. The number of aromatic nitrogens is 2. The van der Waals surface area contributed by atoms with Crippen LogP contribution in [0.5, 0.6) is 5.88 Å². The molecule has 4 nitrogen and oxygen atoms in total. The van der Waals surface area contributed by atoms with Gasteiger partial charge in [-0.2, -0.15) is 0 Å². The lowest BCUT2D eigenvalue weighted by molar-refractivity contribution is 0.386. The molecule has 1 unspecified atom stereocenters. The Kier molecular flexibility index (Phi) is 5.13. The zero-order valence-electron chi connectivity index (χ0n) is 9.56. The van der Waals surface area contributed by atoms with Crippen LogP contribution >= 0.6 is 29.9 Å². The largest absolute Gasteiger partial charge is 0.422 e. The summed E-state index contributed by atoms with van der Waals surface area (Å²) in [6.45, 7) is -0.356. The van der Waals surface area contributed by atoms with Crippen molar-refractivity contribution in [2.75, 3.05) is 19.5 Å². The van der Waals surface area contributed by atoms with Crippen molar-refractivity contribution < 1.29 is 9.05 Å². The van der Waals surface area contributed by atoms with Crippen LogP contribution in [0.15, 0.2) is 5.03 Å². The quantitative estimate of drug-likeness (QED) is 0.617. The van der Waals surface area contributed by atoms with Gasteiger partial charge in [0.1, 0.15) is 10.0 Å². The average Bonchev–Trinajstić information content (AvgIpc) is 2.53. The highest BCUT2D eigenvalue weighted by Gasteiger charge is 2.22. The molecule has 1 aromatic heterocycles. The molecule has 0 aromatic carbocycles. The fraction of sp³-hybridized carbons (Fsp3) is 0.625. The molecule has 1 aromatic rings. The lowest BCUT2D eigenvalue weighted by Gasteiger charge is -2.17. The van der Waals surface area contributed by atoms with Gasteiger partial charge in [0, 0.05) is 20.3 Å². The summed E-state index contributed by atoms with van der Waals surface area (Å²) in [6, 6.07) is 0. The van der Waals surface area contributed by atoms with E-state index in [0.29, 0.717) is 17.1 Å². The van der Waals surface area contributed by atoms with Crippen LogP contribution in [0.2, 0.25) is 5.02 Å². The summed E-state index contributed by atoms with van der Waals surface area (Å²) in [7, 11) is 3.36. The number of hydrogen-bond donors (Lipinski definition) is 0. The summed E-state index contributed by atoms with van der Waals surface area (Å²) in [4.78, 5) is 0. The van der Waals surface area contributed by atoms with Crippen molar-refractivity contribution in [1.29, 1.82) is 0 Å². The third kappa shape index (κ3) is 2.93. The molecule has 1 heterocycles. The SMILES string of the molecule is CCP(=S)(OC)Oc1nn(C)c(SC)c1Cl. The summed E-state index contributed by atoms with van der Waals surface area (Å²) in [5, 5.41) is 5.53. The predicted molar refractivity (Wildman–Crippen MR) is 72.5 cm³/mol. The van der Waals surface area contributed by atoms with Gasteiger partial charge in [-0.15, -0.1) is 16.9 Å². The second-order valence-electron chi connectivity index (χ2n) is 2.95. The molecule has 0 spiro atoms. The van der Waals surface area contributed by atoms with Gasteiger partial charge >= 0.3 is 0 Å². The zero-order chi connectivity index (χ0) is 12.3. The lowest BCUT2D eigenvalue weighted by atomic mass is 10.7. The molecule has 1 atom stereocenters. The molecule has 1 rings (SSSR count). The van der Waals surface area contributed by atoms with Crippen molar-refractivity contribution in [3.8, 4) is 5.88 Å². The Balaban J connectivity index is 3.03. The molecule has 0 radical (unpaired) electrons. The maximum Gasteiger partial charge on any atom is 0.258 e. The average molecular weight is 301 g/mol. The van der Waals surface area contributed by atoms with Gasteiger partial charge in [-0.05, 0) is 18.1 Å². The molecule has 0 N–H and O–H groups in total. The van der Waals surface area contributed by atoms with E-state index >= 15 is 0 Å². The Bertz CT molecular complexity index is 416. The van der Waals surface area contributed by atoms with Gasteiger partial charge in [-0.3, -0.25) is 4.68 Å². The van der Waals surface area contributed by atoms with Crippen LogP contribution < -0.4 is 4.52 Å². The molecule has 16 heavy (non-hydrogen) atoms. The normalized spacial score (nSPS) is 14.8. The maximum atomic E-state index is 6.14. The van der Waals surface area contributed by atoms with Gasteiger partial charge in [-0.1, -0.05) is 18.5 Å². The smallest absolute Gasteiger partial charge is 0.258 e. The Morgan fingerprint density at radius 1 is 1.62 bits per heavy atom. The van der Waals surface area contributed by atoms with Crippen molar-refractivity contribution in [3.05, 3.63) is 5.02 Å². The van der Waals surface area contributed by atoms with Crippen molar-refractivity contribution >= 4 is 41.7 Å². The molecule has 0 fully saturated rings. The molecule has 0 aliphatic rings. The van der Waals surface area contributed by atoms with E-state index in [4.69, 9.17) is 32.5 Å². The van der Waals surface area contributed by atoms with Gasteiger partial charge in [0.05, 0.1) is 0 Å². The third-order valence-corrected chi connectivity index (χ3v) is 6.53. The van der Waals surface area contributed by atoms with Crippen molar-refractivity contribution in [2.45, 2.75) is 11.9 Å². The fourth-order valence-corrected chi connectivity index (χ4v) is 3.22. The van der Waals surface area contributed by atoms with E-state index in [1.807, 2.05) is 20.2 Å². The molecule has 8 heteroatoms. The zero-order valence-corrected chi connectivity index (χ0v) is 12.8. The van der Waals surface area contributed by atoms with Gasteiger partial charge in [0.15, 0.2) is 0 Å². The lowest BCUT2D eigenvalue weighted by Crippen LogP contribution is -1.99. The van der Waals surface area contributed by atoms with E-state index in [9.17, 15) is 0 Å². The van der Waals surface area contributed by atoms with Crippen LogP contribution in [0.4, 0.5) is 0 Å². The number of nitrogens with zero attached hydrogens (tertiary/aromatic N) is 2. The Morgan fingerprint density at radius 2 is 2.25 bits per heavy atom. The van der Waals surface area contributed by atoms with Crippen molar-refractivity contribution in [3.63, 3.8) is 0 Å². The predicted octanol–water partition coefficient (Wildman–Crippen LogP) is 3.15. The van der Waals surface area contributed by atoms with Gasteiger partial charge in [0.25, 0.3) is 5.88 Å². The molecule has 0 aliphatic carbocycles. The van der Waals surface area contributed by atoms with E-state index in [0.717, 1.165) is 5.03 Å². The minimum absolute atomic E-state index is 0.362. The Morgan fingerprint density at radius 3 is 2.62 bits per heavy atom. The molecular weight excluding hydrogens is 287 g/mol. The van der Waals surface area contributed by atoms with Crippen LogP contribution in [0.25, 0.3) is 0 Å². The number of hydrogen-bond acceptors (Lipinski definition) is 5. The monoisotopic (exact) mass is 300 g/mol. The topological polar surface area (TPSA) is 36.3 Å². The fourth-order valence-electron chi connectivity index (χ4n) is 1.10. The summed E-state index contributed by atoms with van der Waals surface area (Å²) in [5.41, 5.74) is 0. The maximum absolute atomic E-state index is 6.14. The molecule has 0 amide bonds. The Hall–Kier alpha value is 0.260. The van der Waals surface area contributed by atoms with Crippen LogP contribution in [0, 0.1) is 0 Å². The second-order valence-corrected chi connectivity index (χ2v) is 8.20. The number of halogens is 1. The summed E-state index contributed by atoms with van der Waals surface area (Å²) < 4.78 is 12.5. The number of rotatable bonds is 5. The standard InChI is InChI=1S/C8H14ClN2O2PS2/c1-5-14(15,12-3)13-7-6(9)8(16-4)11(2)10-7/h5H2,1-4H3. The van der Waals surface area contributed by atoms with E-state index in [2.05, 4.69) is 5.10 Å². The summed E-state index contributed by atoms with van der Waals surface area (Å²) in [6.07, 6.45) is 2.57. The summed E-state index contributed by atoms with van der Waals surface area (Å²) in [5.74, 6) is 0.362. The third-order valence-electron chi connectivity index (χ3n) is 1.99. The molecule has 0 bridgehead atoms. The van der Waals surface area contributed by atoms with E-state index in [1.165, 1.54) is 11.8 Å². The van der Waals surface area contributed by atoms with Gasteiger partial charge < -0.3 is 9.05 Å². The minimum atomic E-state index is -2.28. The van der Waals surface area contributed by atoms with Crippen LogP contribution in [0.1, 0.15) is 6.92 Å². The molecule has 0 saturated carbocycles. The van der Waals surface area contributed by atoms with E-state index < -0.39 is 6.49 Å². The number of thioether (sulfide) groups is 1. The van der Waals surface area contributed by atoms with Crippen LogP contribution in [-0.4, -0.2) is 29.3 Å². The van der Waals surface area contributed by atoms with Crippen molar-refractivity contribution in [1.82, 2.24) is 9.78 Å².